The van der Waals surface area contributed by atoms with Gasteiger partial charge in [-0.25, -0.2) is 14.4 Å². The monoisotopic (exact) mass is 340 g/mol. The van der Waals surface area contributed by atoms with Crippen LogP contribution in [0.15, 0.2) is 30.3 Å². The topological polar surface area (TPSA) is 73.1 Å². The smallest absolute Gasteiger partial charge is 0.167 e. The molecule has 130 valence electrons. The zero-order valence-electron chi connectivity index (χ0n) is 14.7. The molecule has 1 aromatic heterocycles. The van der Waals surface area contributed by atoms with E-state index in [9.17, 15) is 4.39 Å². The Bertz CT molecular complexity index is 922. The number of anilines is 2. The maximum absolute atomic E-state index is 14.0. The minimum atomic E-state index is -0.446. The van der Waals surface area contributed by atoms with Gasteiger partial charge in [0.2, 0.25) is 0 Å². The van der Waals surface area contributed by atoms with Gasteiger partial charge in [0.05, 0.1) is 18.7 Å². The molecule has 0 saturated heterocycles. The molecule has 5 nitrogen and oxygen atoms in total. The second kappa shape index (κ2) is 6.55. The summed E-state index contributed by atoms with van der Waals surface area (Å²) in [5, 5.41) is 4.09. The molecule has 1 heterocycles. The Balaban J connectivity index is 2.05. The number of nitrogens with zero attached hydrogens (tertiary/aromatic N) is 2. The molecule has 6 heteroatoms. The van der Waals surface area contributed by atoms with Crippen molar-refractivity contribution in [1.82, 2.24) is 9.97 Å². The van der Waals surface area contributed by atoms with Gasteiger partial charge in [0.15, 0.2) is 11.6 Å². The van der Waals surface area contributed by atoms with Gasteiger partial charge in [0, 0.05) is 17.1 Å². The first-order valence-electron chi connectivity index (χ1n) is 8.03. The van der Waals surface area contributed by atoms with E-state index < -0.39 is 5.82 Å². The van der Waals surface area contributed by atoms with E-state index in [0.29, 0.717) is 22.5 Å². The van der Waals surface area contributed by atoms with Crippen molar-refractivity contribution >= 4 is 22.4 Å². The van der Waals surface area contributed by atoms with E-state index in [1.165, 1.54) is 13.2 Å². The number of aromatic nitrogens is 2. The third-order valence-electron chi connectivity index (χ3n) is 4.06. The Morgan fingerprint density at radius 2 is 1.88 bits per heavy atom. The number of methoxy groups -OCH3 is 1. The van der Waals surface area contributed by atoms with Gasteiger partial charge in [0.1, 0.15) is 11.6 Å². The number of aryl methyl sites for hydroxylation is 2. The van der Waals surface area contributed by atoms with Crippen molar-refractivity contribution in [2.75, 3.05) is 18.2 Å². The number of nitrogens with two attached hydrogens (primary N) is 1. The van der Waals surface area contributed by atoms with Crippen molar-refractivity contribution < 1.29 is 9.13 Å². The predicted molar refractivity (Wildman–Crippen MR) is 98.4 cm³/mol. The SMILES string of the molecule is COc1cc2c(N[C@H](C)c3cc(C)cc(N)c3)nc(C)nc2cc1F. The fourth-order valence-corrected chi connectivity index (χ4v) is 2.89. The van der Waals surface area contributed by atoms with Crippen LogP contribution in [-0.4, -0.2) is 17.1 Å². The summed E-state index contributed by atoms with van der Waals surface area (Å²) < 4.78 is 19.1. The van der Waals surface area contributed by atoms with Gasteiger partial charge < -0.3 is 15.8 Å². The number of nitrogen functional groups attached to an aromatic ring is 1. The van der Waals surface area contributed by atoms with Crippen molar-refractivity contribution in [2.45, 2.75) is 26.8 Å². The van der Waals surface area contributed by atoms with Crippen LogP contribution in [0.3, 0.4) is 0 Å². The highest BCUT2D eigenvalue weighted by Crippen LogP contribution is 2.30. The quantitative estimate of drug-likeness (QED) is 0.698. The summed E-state index contributed by atoms with van der Waals surface area (Å²) in [6.45, 7) is 5.81. The molecule has 2 aromatic carbocycles. The molecule has 0 amide bonds. The summed E-state index contributed by atoms with van der Waals surface area (Å²) in [6.07, 6.45) is 0. The van der Waals surface area contributed by atoms with Crippen molar-refractivity contribution in [3.8, 4) is 5.75 Å². The van der Waals surface area contributed by atoms with Crippen LogP contribution in [0.4, 0.5) is 15.9 Å². The number of hydrogen-bond donors (Lipinski definition) is 2. The first-order chi connectivity index (χ1) is 11.9. The van der Waals surface area contributed by atoms with Crippen molar-refractivity contribution in [1.29, 1.82) is 0 Å². The molecule has 0 aliphatic carbocycles. The summed E-state index contributed by atoms with van der Waals surface area (Å²) in [5.41, 5.74) is 9.34. The van der Waals surface area contributed by atoms with E-state index in [0.717, 1.165) is 16.8 Å². The van der Waals surface area contributed by atoms with Crippen LogP contribution in [0, 0.1) is 19.7 Å². The summed E-state index contributed by atoms with van der Waals surface area (Å²) in [6, 6.07) is 8.88. The fourth-order valence-electron chi connectivity index (χ4n) is 2.89. The number of halogens is 1. The van der Waals surface area contributed by atoms with E-state index in [1.54, 1.807) is 13.0 Å². The molecule has 0 unspecified atom stereocenters. The minimum Gasteiger partial charge on any atom is -0.494 e. The van der Waals surface area contributed by atoms with Crippen LogP contribution in [0.2, 0.25) is 0 Å². The number of fused-ring (bicyclic) bond motifs is 1. The average Bonchev–Trinajstić information content (AvgIpc) is 2.53. The molecule has 25 heavy (non-hydrogen) atoms. The molecule has 1 atom stereocenters. The first-order valence-corrected chi connectivity index (χ1v) is 8.03. The third kappa shape index (κ3) is 3.47. The molecule has 3 rings (SSSR count). The van der Waals surface area contributed by atoms with E-state index in [-0.39, 0.29) is 11.8 Å². The second-order valence-corrected chi connectivity index (χ2v) is 6.17. The lowest BCUT2D eigenvalue weighted by molar-refractivity contribution is 0.387. The van der Waals surface area contributed by atoms with Crippen LogP contribution >= 0.6 is 0 Å². The predicted octanol–water partition coefficient (Wildman–Crippen LogP) is 4.15. The van der Waals surface area contributed by atoms with Crippen LogP contribution in [0.5, 0.6) is 5.75 Å². The number of nitrogens with one attached hydrogen (secondary N) is 1. The molecule has 0 aliphatic rings. The lowest BCUT2D eigenvalue weighted by Crippen LogP contribution is -2.10. The number of hydrogen-bond acceptors (Lipinski definition) is 5. The van der Waals surface area contributed by atoms with Gasteiger partial charge in [-0.1, -0.05) is 6.07 Å². The first kappa shape index (κ1) is 17.0. The Hall–Kier alpha value is -2.89. The highest BCUT2D eigenvalue weighted by atomic mass is 19.1. The van der Waals surface area contributed by atoms with E-state index in [4.69, 9.17) is 10.5 Å². The largest absolute Gasteiger partial charge is 0.494 e. The molecule has 3 aromatic rings. The summed E-state index contributed by atoms with van der Waals surface area (Å²) in [7, 11) is 1.44. The zero-order chi connectivity index (χ0) is 18.1. The van der Waals surface area contributed by atoms with Crippen LogP contribution in [0.25, 0.3) is 10.9 Å². The summed E-state index contributed by atoms with van der Waals surface area (Å²) in [4.78, 5) is 8.80. The average molecular weight is 340 g/mol. The molecule has 0 aliphatic heterocycles. The highest BCUT2D eigenvalue weighted by Gasteiger charge is 2.14. The van der Waals surface area contributed by atoms with E-state index >= 15 is 0 Å². The van der Waals surface area contributed by atoms with Crippen molar-refractivity contribution in [3.63, 3.8) is 0 Å². The second-order valence-electron chi connectivity index (χ2n) is 6.17. The molecular formula is C19H21FN4O. The number of rotatable bonds is 4. The Morgan fingerprint density at radius 3 is 2.56 bits per heavy atom. The molecule has 0 saturated carbocycles. The number of benzene rings is 2. The molecule has 0 bridgehead atoms. The van der Waals surface area contributed by atoms with E-state index in [2.05, 4.69) is 21.4 Å². The van der Waals surface area contributed by atoms with Gasteiger partial charge in [-0.15, -0.1) is 0 Å². The lowest BCUT2D eigenvalue weighted by atomic mass is 10.0. The Kier molecular flexibility index (Phi) is 4.44. The van der Waals surface area contributed by atoms with Crippen LogP contribution in [-0.2, 0) is 0 Å². The number of ether oxygens (including phenoxy) is 1. The van der Waals surface area contributed by atoms with Crippen molar-refractivity contribution in [2.24, 2.45) is 0 Å². The van der Waals surface area contributed by atoms with E-state index in [1.807, 2.05) is 26.0 Å². The van der Waals surface area contributed by atoms with Crippen molar-refractivity contribution in [3.05, 3.63) is 53.1 Å². The molecule has 0 spiro atoms. The van der Waals surface area contributed by atoms with Gasteiger partial charge in [-0.3, -0.25) is 0 Å². The van der Waals surface area contributed by atoms with Gasteiger partial charge in [-0.2, -0.15) is 0 Å². The third-order valence-corrected chi connectivity index (χ3v) is 4.06. The maximum Gasteiger partial charge on any atom is 0.167 e. The van der Waals surface area contributed by atoms with Crippen LogP contribution < -0.4 is 15.8 Å². The minimum absolute atomic E-state index is 0.0317. The fraction of sp³-hybridized carbons (Fsp3) is 0.263. The molecule has 0 radical (unpaired) electrons. The highest BCUT2D eigenvalue weighted by molar-refractivity contribution is 5.90. The summed E-state index contributed by atoms with van der Waals surface area (Å²) in [5.74, 6) is 0.915. The summed E-state index contributed by atoms with van der Waals surface area (Å²) >= 11 is 0. The molecular weight excluding hydrogens is 319 g/mol. The molecule has 3 N–H and O–H groups in total. The normalized spacial score (nSPS) is 12.2. The standard InChI is InChI=1S/C19H21FN4O/c1-10-5-13(7-14(21)6-10)11(2)22-19-15-8-18(25-4)16(20)9-17(15)23-12(3)24-19/h5-9,11H,21H2,1-4H3,(H,22,23,24)/t11-/m1/s1. The Morgan fingerprint density at radius 1 is 1.12 bits per heavy atom. The van der Waals surface area contributed by atoms with Gasteiger partial charge in [-0.05, 0) is 50.1 Å². The maximum atomic E-state index is 14.0. The Labute approximate surface area is 146 Å². The van der Waals surface area contributed by atoms with Gasteiger partial charge >= 0.3 is 0 Å². The van der Waals surface area contributed by atoms with Crippen LogP contribution in [0.1, 0.15) is 29.9 Å². The lowest BCUT2D eigenvalue weighted by Gasteiger charge is -2.18. The molecule has 0 fully saturated rings. The van der Waals surface area contributed by atoms with Gasteiger partial charge in [0.25, 0.3) is 0 Å². The zero-order valence-corrected chi connectivity index (χ0v) is 14.7.